The molecule has 1 saturated heterocycles. The lowest BCUT2D eigenvalue weighted by molar-refractivity contribution is -0.139. The molecule has 21 heavy (non-hydrogen) atoms. The number of carbonyl (C=O) groups excluding carboxylic acids is 3. The zero-order valence-electron chi connectivity index (χ0n) is 12.2. The standard InChI is InChI=1S/C12H20N4O5/c1-7(2)12(6-8(17)14-5-4-9(18)19)10(20)16(13-3)11(21)15-12/h7,13H,4-6H2,1-3H3,(H,14,17)(H,15,21)(H,18,19). The van der Waals surface area contributed by atoms with Crippen molar-refractivity contribution in [3.05, 3.63) is 0 Å². The lowest BCUT2D eigenvalue weighted by Crippen LogP contribution is -2.55. The summed E-state index contributed by atoms with van der Waals surface area (Å²) in [4.78, 5) is 46.4. The van der Waals surface area contributed by atoms with Crippen LogP contribution in [0.4, 0.5) is 4.79 Å². The lowest BCUT2D eigenvalue weighted by Gasteiger charge is -2.29. The quantitative estimate of drug-likeness (QED) is 0.449. The molecule has 1 aliphatic rings. The Bertz CT molecular complexity index is 465. The topological polar surface area (TPSA) is 128 Å². The first-order valence-corrected chi connectivity index (χ1v) is 6.57. The van der Waals surface area contributed by atoms with Gasteiger partial charge in [0.2, 0.25) is 5.91 Å². The normalized spacial score (nSPS) is 21.6. The number of rotatable bonds is 7. The Hall–Kier alpha value is -2.16. The molecule has 118 valence electrons. The largest absolute Gasteiger partial charge is 0.481 e. The highest BCUT2D eigenvalue weighted by Crippen LogP contribution is 2.28. The van der Waals surface area contributed by atoms with Gasteiger partial charge in [-0.15, -0.1) is 0 Å². The molecule has 9 nitrogen and oxygen atoms in total. The molecule has 1 rings (SSSR count). The number of aliphatic carboxylic acids is 1. The predicted molar refractivity (Wildman–Crippen MR) is 71.9 cm³/mol. The van der Waals surface area contributed by atoms with Gasteiger partial charge < -0.3 is 15.7 Å². The van der Waals surface area contributed by atoms with Crippen LogP contribution in [0.3, 0.4) is 0 Å². The minimum atomic E-state index is -1.33. The minimum Gasteiger partial charge on any atom is -0.481 e. The minimum absolute atomic E-state index is 0.0276. The summed E-state index contributed by atoms with van der Waals surface area (Å²) in [6, 6.07) is -0.616. The van der Waals surface area contributed by atoms with Gasteiger partial charge >= 0.3 is 12.0 Å². The van der Waals surface area contributed by atoms with Crippen LogP contribution in [0.5, 0.6) is 0 Å². The van der Waals surface area contributed by atoms with Gasteiger partial charge in [-0.05, 0) is 5.92 Å². The molecular weight excluding hydrogens is 280 g/mol. The fourth-order valence-corrected chi connectivity index (χ4v) is 2.13. The van der Waals surface area contributed by atoms with Gasteiger partial charge in [-0.25, -0.2) is 10.2 Å². The number of carboxylic acids is 1. The van der Waals surface area contributed by atoms with E-state index in [9.17, 15) is 19.2 Å². The third kappa shape index (κ3) is 3.48. The van der Waals surface area contributed by atoms with Crippen LogP contribution in [0.2, 0.25) is 0 Å². The summed E-state index contributed by atoms with van der Waals surface area (Å²) in [5, 5.41) is 14.3. The highest BCUT2D eigenvalue weighted by atomic mass is 16.4. The molecule has 0 spiro atoms. The number of carbonyl (C=O) groups is 4. The lowest BCUT2D eigenvalue weighted by atomic mass is 9.83. The summed E-state index contributed by atoms with van der Waals surface area (Å²) in [5.74, 6) is -2.35. The molecule has 1 aliphatic heterocycles. The molecule has 0 radical (unpaired) electrons. The van der Waals surface area contributed by atoms with Crippen LogP contribution in [0.1, 0.15) is 26.7 Å². The van der Waals surface area contributed by atoms with Crippen molar-refractivity contribution in [2.75, 3.05) is 13.6 Å². The number of nitrogens with one attached hydrogen (secondary N) is 3. The summed E-state index contributed by atoms with van der Waals surface area (Å²) >= 11 is 0. The number of hydrazine groups is 1. The zero-order valence-corrected chi connectivity index (χ0v) is 12.2. The van der Waals surface area contributed by atoms with Crippen molar-refractivity contribution >= 4 is 23.8 Å². The molecule has 0 aromatic carbocycles. The maximum absolute atomic E-state index is 12.3. The van der Waals surface area contributed by atoms with E-state index in [0.29, 0.717) is 0 Å². The molecule has 0 saturated carbocycles. The third-order valence-corrected chi connectivity index (χ3v) is 3.43. The second-order valence-corrected chi connectivity index (χ2v) is 5.09. The first kappa shape index (κ1) is 16.9. The fraction of sp³-hybridized carbons (Fsp3) is 0.667. The van der Waals surface area contributed by atoms with Crippen LogP contribution in [0.15, 0.2) is 0 Å². The summed E-state index contributed by atoms with van der Waals surface area (Å²) < 4.78 is 0. The number of hydrogen-bond donors (Lipinski definition) is 4. The van der Waals surface area contributed by atoms with E-state index in [1.807, 2.05) is 0 Å². The van der Waals surface area contributed by atoms with Crippen LogP contribution < -0.4 is 16.1 Å². The Balaban J connectivity index is 2.79. The van der Waals surface area contributed by atoms with Crippen molar-refractivity contribution in [3.63, 3.8) is 0 Å². The third-order valence-electron chi connectivity index (χ3n) is 3.43. The van der Waals surface area contributed by atoms with Crippen molar-refractivity contribution in [3.8, 4) is 0 Å². The number of nitrogens with zero attached hydrogens (tertiary/aromatic N) is 1. The highest BCUT2D eigenvalue weighted by Gasteiger charge is 2.54. The average Bonchev–Trinajstić information content (AvgIpc) is 2.61. The van der Waals surface area contributed by atoms with E-state index in [2.05, 4.69) is 16.1 Å². The molecule has 1 atom stereocenters. The summed E-state index contributed by atoms with van der Waals surface area (Å²) in [6.07, 6.45) is -0.448. The molecule has 0 aromatic rings. The zero-order chi connectivity index (χ0) is 16.2. The molecule has 0 aromatic heterocycles. The van der Waals surface area contributed by atoms with Crippen LogP contribution in [-0.2, 0) is 14.4 Å². The molecule has 1 unspecified atom stereocenters. The average molecular weight is 300 g/mol. The second kappa shape index (κ2) is 6.53. The van der Waals surface area contributed by atoms with Gasteiger partial charge in [0.25, 0.3) is 5.91 Å². The van der Waals surface area contributed by atoms with Crippen LogP contribution in [-0.4, -0.2) is 53.1 Å². The smallest absolute Gasteiger partial charge is 0.339 e. The Morgan fingerprint density at radius 3 is 2.43 bits per heavy atom. The summed E-state index contributed by atoms with van der Waals surface area (Å²) in [6.45, 7) is 3.42. The van der Waals surface area contributed by atoms with Gasteiger partial charge in [-0.1, -0.05) is 13.8 Å². The predicted octanol–water partition coefficient (Wildman–Crippen LogP) is -0.952. The molecule has 1 heterocycles. The maximum Gasteiger partial charge on any atom is 0.339 e. The number of amides is 4. The maximum atomic E-state index is 12.3. The summed E-state index contributed by atoms with van der Waals surface area (Å²) in [5.41, 5.74) is 1.14. The van der Waals surface area contributed by atoms with E-state index in [0.717, 1.165) is 5.01 Å². The number of imide groups is 1. The van der Waals surface area contributed by atoms with Crippen LogP contribution in [0, 0.1) is 5.92 Å². The van der Waals surface area contributed by atoms with Crippen molar-refractivity contribution in [1.29, 1.82) is 0 Å². The van der Waals surface area contributed by atoms with E-state index in [-0.39, 0.29) is 25.3 Å². The van der Waals surface area contributed by atoms with Crippen LogP contribution in [0.25, 0.3) is 0 Å². The van der Waals surface area contributed by atoms with Gasteiger partial charge in [0.05, 0.1) is 12.8 Å². The van der Waals surface area contributed by atoms with E-state index in [4.69, 9.17) is 5.11 Å². The molecule has 4 N–H and O–H groups in total. The van der Waals surface area contributed by atoms with E-state index in [1.54, 1.807) is 13.8 Å². The summed E-state index contributed by atoms with van der Waals surface area (Å²) in [7, 11) is 1.43. The van der Waals surface area contributed by atoms with Gasteiger partial charge in [-0.2, -0.15) is 5.01 Å². The molecule has 9 heteroatoms. The molecule has 0 bridgehead atoms. The Morgan fingerprint density at radius 1 is 1.38 bits per heavy atom. The van der Waals surface area contributed by atoms with Gasteiger partial charge in [-0.3, -0.25) is 14.4 Å². The van der Waals surface area contributed by atoms with Crippen molar-refractivity contribution in [2.45, 2.75) is 32.2 Å². The molecule has 0 aliphatic carbocycles. The highest BCUT2D eigenvalue weighted by molar-refractivity contribution is 6.08. The van der Waals surface area contributed by atoms with Crippen molar-refractivity contribution < 1.29 is 24.3 Å². The van der Waals surface area contributed by atoms with Gasteiger partial charge in [0.15, 0.2) is 0 Å². The molecular formula is C12H20N4O5. The van der Waals surface area contributed by atoms with Gasteiger partial charge in [0.1, 0.15) is 5.54 Å². The van der Waals surface area contributed by atoms with E-state index in [1.165, 1.54) is 7.05 Å². The monoisotopic (exact) mass is 300 g/mol. The second-order valence-electron chi connectivity index (χ2n) is 5.09. The Kier molecular flexibility index (Phi) is 5.25. The van der Waals surface area contributed by atoms with Crippen LogP contribution >= 0.6 is 0 Å². The number of carboxylic acid groups (broad SMARTS) is 1. The fourth-order valence-electron chi connectivity index (χ4n) is 2.13. The van der Waals surface area contributed by atoms with Gasteiger partial charge in [0, 0.05) is 13.6 Å². The Labute approximate surface area is 122 Å². The first-order valence-electron chi connectivity index (χ1n) is 6.57. The first-order chi connectivity index (χ1) is 9.74. The van der Waals surface area contributed by atoms with E-state index >= 15 is 0 Å². The number of urea groups is 1. The molecule has 4 amide bonds. The number of hydrogen-bond acceptors (Lipinski definition) is 5. The van der Waals surface area contributed by atoms with E-state index < -0.39 is 29.4 Å². The van der Waals surface area contributed by atoms with Crippen molar-refractivity contribution in [2.24, 2.45) is 5.92 Å². The SMILES string of the molecule is CNN1C(=O)NC(CC(=O)NCCC(=O)O)(C(C)C)C1=O. The van der Waals surface area contributed by atoms with Crippen molar-refractivity contribution in [1.82, 2.24) is 21.1 Å². The Morgan fingerprint density at radius 2 is 2.00 bits per heavy atom. The molecule has 1 fully saturated rings.